The number of nitrogens with two attached hydrogens (primary N) is 1. The number of halogens is 2. The van der Waals surface area contributed by atoms with Gasteiger partial charge >= 0.3 is 0 Å². The zero-order valence-corrected chi connectivity index (χ0v) is 15.0. The van der Waals surface area contributed by atoms with E-state index in [0.717, 1.165) is 45.4 Å². The molecule has 1 aromatic rings. The molecule has 2 heterocycles. The lowest BCUT2D eigenvalue weighted by Gasteiger charge is -2.36. The van der Waals surface area contributed by atoms with E-state index < -0.39 is 0 Å². The minimum atomic E-state index is -0.315. The fourth-order valence-corrected chi connectivity index (χ4v) is 4.01. The molecule has 1 amide bonds. The molecule has 24 heavy (non-hydrogen) atoms. The van der Waals surface area contributed by atoms with Gasteiger partial charge in [0.2, 0.25) is 5.91 Å². The molecule has 2 atom stereocenters. The van der Waals surface area contributed by atoms with Gasteiger partial charge in [-0.3, -0.25) is 4.79 Å². The van der Waals surface area contributed by atoms with Crippen LogP contribution >= 0.6 is 23.2 Å². The second-order valence-corrected chi connectivity index (χ2v) is 7.52. The van der Waals surface area contributed by atoms with E-state index in [1.165, 1.54) is 6.07 Å². The Kier molecular flexibility index (Phi) is 5.55. The largest absolute Gasteiger partial charge is 0.508 e. The molecule has 2 saturated heterocycles. The summed E-state index contributed by atoms with van der Waals surface area (Å²) in [5.41, 5.74) is 6.98. The van der Waals surface area contributed by atoms with E-state index in [4.69, 9.17) is 28.9 Å². The number of nitrogens with zero attached hydrogens (tertiary/aromatic N) is 1. The van der Waals surface area contributed by atoms with Crippen LogP contribution in [0.4, 0.5) is 0 Å². The number of likely N-dealkylation sites (tertiary alicyclic amines) is 1. The van der Waals surface area contributed by atoms with E-state index in [1.54, 1.807) is 6.07 Å². The van der Waals surface area contributed by atoms with Crippen LogP contribution in [0, 0.1) is 11.8 Å². The number of carbonyl (C=O) groups is 1. The Hall–Kier alpha value is -1.01. The van der Waals surface area contributed by atoms with Crippen molar-refractivity contribution in [3.05, 3.63) is 27.7 Å². The molecule has 132 valence electrons. The minimum absolute atomic E-state index is 0.0763. The first kappa shape index (κ1) is 17.8. The van der Waals surface area contributed by atoms with Crippen molar-refractivity contribution in [2.24, 2.45) is 17.6 Å². The van der Waals surface area contributed by atoms with Crippen LogP contribution in [0.3, 0.4) is 0 Å². The lowest BCUT2D eigenvalue weighted by atomic mass is 9.85. The Morgan fingerprint density at radius 3 is 2.54 bits per heavy atom. The molecule has 1 aromatic carbocycles. The molecule has 7 heteroatoms. The maximum atomic E-state index is 12.5. The van der Waals surface area contributed by atoms with Crippen LogP contribution in [0.1, 0.15) is 30.9 Å². The second kappa shape index (κ2) is 7.48. The number of phenolic OH excluding ortho intramolecular Hbond substituents is 1. The molecule has 2 aliphatic rings. The molecule has 0 radical (unpaired) electrons. The van der Waals surface area contributed by atoms with Gasteiger partial charge in [0.05, 0.1) is 16.0 Å². The monoisotopic (exact) mass is 371 g/mol. The lowest BCUT2D eigenvalue weighted by molar-refractivity contribution is -0.136. The maximum absolute atomic E-state index is 12.5. The number of benzene rings is 1. The zero-order valence-electron chi connectivity index (χ0n) is 13.5. The molecule has 4 N–H and O–H groups in total. The third-order valence-electron chi connectivity index (χ3n) is 5.20. The van der Waals surface area contributed by atoms with Crippen molar-refractivity contribution >= 4 is 29.1 Å². The van der Waals surface area contributed by atoms with Gasteiger partial charge in [0.15, 0.2) is 0 Å². The maximum Gasteiger partial charge on any atom is 0.227 e. The minimum Gasteiger partial charge on any atom is -0.508 e. The fourth-order valence-electron chi connectivity index (χ4n) is 3.68. The summed E-state index contributed by atoms with van der Waals surface area (Å²) in [7, 11) is 0. The Labute approximate surface area is 152 Å². The zero-order chi connectivity index (χ0) is 17.3. The van der Waals surface area contributed by atoms with E-state index in [2.05, 4.69) is 5.32 Å². The number of rotatable bonds is 3. The quantitative estimate of drug-likeness (QED) is 0.762. The van der Waals surface area contributed by atoms with Crippen LogP contribution in [0.5, 0.6) is 5.75 Å². The Bertz CT molecular complexity index is 612. The molecular weight excluding hydrogens is 349 g/mol. The summed E-state index contributed by atoms with van der Waals surface area (Å²) in [5, 5.41) is 14.0. The second-order valence-electron chi connectivity index (χ2n) is 6.70. The van der Waals surface area contributed by atoms with Crippen molar-refractivity contribution in [3.8, 4) is 5.75 Å². The van der Waals surface area contributed by atoms with Gasteiger partial charge in [-0.2, -0.15) is 0 Å². The summed E-state index contributed by atoms with van der Waals surface area (Å²) in [5.74, 6) is 0.657. The van der Waals surface area contributed by atoms with Gasteiger partial charge < -0.3 is 21.1 Å². The first-order valence-electron chi connectivity index (χ1n) is 8.40. The summed E-state index contributed by atoms with van der Waals surface area (Å²) in [4.78, 5) is 14.4. The number of phenols is 1. The van der Waals surface area contributed by atoms with Gasteiger partial charge in [-0.1, -0.05) is 23.2 Å². The van der Waals surface area contributed by atoms with Crippen molar-refractivity contribution in [2.75, 3.05) is 26.2 Å². The van der Waals surface area contributed by atoms with Crippen LogP contribution in [0.25, 0.3) is 0 Å². The van der Waals surface area contributed by atoms with Gasteiger partial charge in [-0.15, -0.1) is 0 Å². The van der Waals surface area contributed by atoms with Crippen molar-refractivity contribution < 1.29 is 9.90 Å². The van der Waals surface area contributed by atoms with Crippen LogP contribution in [-0.4, -0.2) is 42.1 Å². The third kappa shape index (κ3) is 3.64. The third-order valence-corrected chi connectivity index (χ3v) is 5.92. The highest BCUT2D eigenvalue weighted by Crippen LogP contribution is 2.37. The topological polar surface area (TPSA) is 78.6 Å². The molecule has 0 aromatic heterocycles. The standard InChI is InChI=1S/C17H23Cl2N3O2/c18-13-7-12(15(23)8-14(13)19)16(20)10-2-5-22(6-3-10)17(24)11-1-4-21-9-11/h7-8,10-11,16,21,23H,1-6,9,20H2/t11-,16+/m1/s1. The number of hydrogen-bond acceptors (Lipinski definition) is 4. The highest BCUT2D eigenvalue weighted by atomic mass is 35.5. The number of amides is 1. The summed E-state index contributed by atoms with van der Waals surface area (Å²) in [6.07, 6.45) is 2.58. The Morgan fingerprint density at radius 2 is 1.92 bits per heavy atom. The van der Waals surface area contributed by atoms with Gasteiger partial charge in [-0.05, 0) is 37.8 Å². The Balaban J connectivity index is 1.62. The molecule has 2 fully saturated rings. The van der Waals surface area contributed by atoms with E-state index in [-0.39, 0.29) is 29.5 Å². The van der Waals surface area contributed by atoms with E-state index >= 15 is 0 Å². The molecule has 0 unspecified atom stereocenters. The van der Waals surface area contributed by atoms with E-state index in [1.807, 2.05) is 4.90 Å². The number of piperidine rings is 1. The average Bonchev–Trinajstić information content (AvgIpc) is 3.11. The fraction of sp³-hybridized carbons (Fsp3) is 0.588. The molecule has 0 spiro atoms. The lowest BCUT2D eigenvalue weighted by Crippen LogP contribution is -2.44. The normalized spacial score (nSPS) is 23.5. The predicted molar refractivity (Wildman–Crippen MR) is 95.3 cm³/mol. The van der Waals surface area contributed by atoms with Crippen LogP contribution in [0.15, 0.2) is 12.1 Å². The first-order chi connectivity index (χ1) is 11.5. The van der Waals surface area contributed by atoms with E-state index in [9.17, 15) is 9.90 Å². The molecule has 3 rings (SSSR count). The summed E-state index contributed by atoms with van der Waals surface area (Å²) < 4.78 is 0. The number of carbonyl (C=O) groups excluding carboxylic acids is 1. The number of hydrogen-bond donors (Lipinski definition) is 3. The van der Waals surface area contributed by atoms with Gasteiger partial charge in [0.25, 0.3) is 0 Å². The molecule has 0 saturated carbocycles. The van der Waals surface area contributed by atoms with Gasteiger partial charge in [-0.25, -0.2) is 0 Å². The first-order valence-corrected chi connectivity index (χ1v) is 9.16. The molecule has 0 bridgehead atoms. The highest BCUT2D eigenvalue weighted by molar-refractivity contribution is 6.42. The predicted octanol–water partition coefficient (Wildman–Crippen LogP) is 2.55. The molecule has 5 nitrogen and oxygen atoms in total. The van der Waals surface area contributed by atoms with Crippen molar-refractivity contribution in [1.82, 2.24) is 10.2 Å². The average molecular weight is 372 g/mol. The highest BCUT2D eigenvalue weighted by Gasteiger charge is 2.32. The van der Waals surface area contributed by atoms with Crippen LogP contribution < -0.4 is 11.1 Å². The summed E-state index contributed by atoms with van der Waals surface area (Å²) in [6, 6.07) is 2.77. The summed E-state index contributed by atoms with van der Waals surface area (Å²) >= 11 is 12.0. The molecular formula is C17H23Cl2N3O2. The number of aromatic hydroxyl groups is 1. The van der Waals surface area contributed by atoms with Gasteiger partial charge in [0, 0.05) is 37.3 Å². The van der Waals surface area contributed by atoms with Crippen LogP contribution in [0.2, 0.25) is 10.0 Å². The SMILES string of the molecule is N[C@H](c1cc(Cl)c(Cl)cc1O)C1CCN(C(=O)[C@@H]2CCNC2)CC1. The van der Waals surface area contributed by atoms with Gasteiger partial charge in [0.1, 0.15) is 5.75 Å². The smallest absolute Gasteiger partial charge is 0.227 e. The number of nitrogens with one attached hydrogen (secondary N) is 1. The Morgan fingerprint density at radius 1 is 1.25 bits per heavy atom. The summed E-state index contributed by atoms with van der Waals surface area (Å²) in [6.45, 7) is 3.15. The molecule has 0 aliphatic carbocycles. The van der Waals surface area contributed by atoms with Crippen molar-refractivity contribution in [3.63, 3.8) is 0 Å². The molecule has 2 aliphatic heterocycles. The van der Waals surface area contributed by atoms with E-state index in [0.29, 0.717) is 15.6 Å². The van der Waals surface area contributed by atoms with Crippen molar-refractivity contribution in [2.45, 2.75) is 25.3 Å². The van der Waals surface area contributed by atoms with Crippen molar-refractivity contribution in [1.29, 1.82) is 0 Å². The van der Waals surface area contributed by atoms with Crippen LogP contribution in [-0.2, 0) is 4.79 Å².